The maximum absolute atomic E-state index is 6.62. The van der Waals surface area contributed by atoms with E-state index in [2.05, 4.69) is 241 Å². The zero-order valence-corrected chi connectivity index (χ0v) is 36.9. The van der Waals surface area contributed by atoms with Gasteiger partial charge in [-0.25, -0.2) is 0 Å². The maximum atomic E-state index is 6.62. The third-order valence-electron chi connectivity index (χ3n) is 14.4. The number of para-hydroxylation sites is 2. The van der Waals surface area contributed by atoms with Crippen molar-refractivity contribution in [2.24, 2.45) is 0 Å². The van der Waals surface area contributed by atoms with E-state index < -0.39 is 5.41 Å². The molecule has 0 spiro atoms. The lowest BCUT2D eigenvalue weighted by atomic mass is 9.68. The largest absolute Gasteiger partial charge is 0.455 e. The van der Waals surface area contributed by atoms with E-state index in [1.165, 1.54) is 38.8 Å². The summed E-state index contributed by atoms with van der Waals surface area (Å²) in [5, 5.41) is 6.79. The SMILES string of the molecule is c1ccc(C2(c3ccccc3)c3ccccc3-c3c(N(c4ccc(-c5cccc6c5oc5ccccc56)cc4)c4ccc(-c5cccc6oc7c8ccccc8ccc7c56)cc4)cccc32)cc1. The van der Waals surface area contributed by atoms with Crippen LogP contribution >= 0.6 is 0 Å². The number of anilines is 3. The van der Waals surface area contributed by atoms with Gasteiger partial charge in [0, 0.05) is 49.4 Å². The Balaban J connectivity index is 0.971. The molecule has 0 saturated carbocycles. The summed E-state index contributed by atoms with van der Waals surface area (Å²) >= 11 is 0. The highest BCUT2D eigenvalue weighted by atomic mass is 16.3. The Kier molecular flexibility index (Phi) is 8.50. The van der Waals surface area contributed by atoms with Crippen molar-refractivity contribution >= 4 is 71.7 Å². The van der Waals surface area contributed by atoms with E-state index in [0.717, 1.165) is 88.6 Å². The van der Waals surface area contributed by atoms with Crippen LogP contribution in [-0.4, -0.2) is 0 Å². The molecule has 0 radical (unpaired) electrons. The van der Waals surface area contributed by atoms with Crippen LogP contribution in [0.2, 0.25) is 0 Å². The number of benzene rings is 11. The Labute approximate surface area is 393 Å². The zero-order valence-electron chi connectivity index (χ0n) is 36.9. The van der Waals surface area contributed by atoms with Crippen LogP contribution in [-0.2, 0) is 5.41 Å². The standard InChI is InChI=1S/C65H41NO2/c1-3-17-45(18-4-1)65(46-19-5-2-6-20-46)56-27-11-9-23-54(56)62-57(65)28-15-29-58(62)66(48-39-34-44(35-40-48)51-25-13-26-53-52-22-10-12-30-59(52)67-63(51)53)47-37-32-43(33-38-47)49-24-14-31-60-61(49)55-41-36-42-16-7-8-21-50(42)64(55)68-60/h1-41H. The molecule has 3 heteroatoms. The molecule has 2 heterocycles. The molecule has 13 aromatic rings. The van der Waals surface area contributed by atoms with Crippen molar-refractivity contribution in [3.63, 3.8) is 0 Å². The number of hydrogen-bond donors (Lipinski definition) is 0. The van der Waals surface area contributed by atoms with E-state index in [1.807, 2.05) is 12.1 Å². The lowest BCUT2D eigenvalue weighted by Gasteiger charge is -2.34. The van der Waals surface area contributed by atoms with Gasteiger partial charge in [0.1, 0.15) is 22.3 Å². The number of hydrogen-bond acceptors (Lipinski definition) is 3. The molecule has 68 heavy (non-hydrogen) atoms. The summed E-state index contributed by atoms with van der Waals surface area (Å²) < 4.78 is 13.1. The molecule has 0 bridgehead atoms. The van der Waals surface area contributed by atoms with Gasteiger partial charge in [-0.15, -0.1) is 0 Å². The monoisotopic (exact) mass is 867 g/mol. The van der Waals surface area contributed by atoms with Gasteiger partial charge in [0.05, 0.1) is 11.1 Å². The van der Waals surface area contributed by atoms with E-state index in [9.17, 15) is 0 Å². The van der Waals surface area contributed by atoms with Crippen molar-refractivity contribution in [2.75, 3.05) is 4.90 Å². The van der Waals surface area contributed by atoms with Crippen molar-refractivity contribution in [1.82, 2.24) is 0 Å². The molecule has 0 atom stereocenters. The van der Waals surface area contributed by atoms with Gasteiger partial charge in [0.15, 0.2) is 0 Å². The first-order valence-corrected chi connectivity index (χ1v) is 23.3. The average molecular weight is 868 g/mol. The van der Waals surface area contributed by atoms with Crippen LogP contribution in [0, 0.1) is 0 Å². The molecule has 14 rings (SSSR count). The topological polar surface area (TPSA) is 29.5 Å². The fraction of sp³-hybridized carbons (Fsp3) is 0.0154. The summed E-state index contributed by atoms with van der Waals surface area (Å²) in [6.45, 7) is 0. The lowest BCUT2D eigenvalue weighted by Crippen LogP contribution is -2.28. The number of fused-ring (bicyclic) bond motifs is 11. The summed E-state index contributed by atoms with van der Waals surface area (Å²) in [6.07, 6.45) is 0. The summed E-state index contributed by atoms with van der Waals surface area (Å²) in [5.41, 5.74) is 18.2. The quantitative estimate of drug-likeness (QED) is 0.160. The molecule has 0 unspecified atom stereocenters. The van der Waals surface area contributed by atoms with Crippen molar-refractivity contribution in [3.05, 3.63) is 271 Å². The van der Waals surface area contributed by atoms with Gasteiger partial charge in [-0.2, -0.15) is 0 Å². The summed E-state index contributed by atoms with van der Waals surface area (Å²) in [4.78, 5) is 2.44. The Morgan fingerprint density at radius 2 is 0.868 bits per heavy atom. The smallest absolute Gasteiger partial charge is 0.143 e. The fourth-order valence-corrected chi connectivity index (χ4v) is 11.4. The van der Waals surface area contributed by atoms with Crippen LogP contribution in [0.4, 0.5) is 17.1 Å². The van der Waals surface area contributed by atoms with Gasteiger partial charge < -0.3 is 13.7 Å². The van der Waals surface area contributed by atoms with Gasteiger partial charge in [0.25, 0.3) is 0 Å². The molecule has 318 valence electrons. The molecule has 2 aromatic heterocycles. The van der Waals surface area contributed by atoms with Gasteiger partial charge >= 0.3 is 0 Å². The highest BCUT2D eigenvalue weighted by Gasteiger charge is 2.47. The van der Waals surface area contributed by atoms with E-state index in [0.29, 0.717) is 0 Å². The van der Waals surface area contributed by atoms with Crippen LogP contribution in [0.3, 0.4) is 0 Å². The van der Waals surface area contributed by atoms with Crippen LogP contribution in [0.5, 0.6) is 0 Å². The predicted molar refractivity (Wildman–Crippen MR) is 281 cm³/mol. The summed E-state index contributed by atoms with van der Waals surface area (Å²) in [5.74, 6) is 0. The molecule has 11 aromatic carbocycles. The first kappa shape index (κ1) is 38.4. The summed E-state index contributed by atoms with van der Waals surface area (Å²) in [7, 11) is 0. The van der Waals surface area contributed by atoms with E-state index in [1.54, 1.807) is 0 Å². The minimum absolute atomic E-state index is 0.535. The molecule has 1 aliphatic carbocycles. The van der Waals surface area contributed by atoms with Gasteiger partial charge in [-0.3, -0.25) is 0 Å². The second-order valence-electron chi connectivity index (χ2n) is 17.9. The minimum Gasteiger partial charge on any atom is -0.455 e. The molecular weight excluding hydrogens is 827 g/mol. The van der Waals surface area contributed by atoms with E-state index in [-0.39, 0.29) is 0 Å². The lowest BCUT2D eigenvalue weighted by molar-refractivity contribution is 0.670. The molecule has 0 amide bonds. The highest BCUT2D eigenvalue weighted by molar-refractivity contribution is 6.19. The molecule has 0 N–H and O–H groups in total. The van der Waals surface area contributed by atoms with Gasteiger partial charge in [-0.1, -0.05) is 200 Å². The van der Waals surface area contributed by atoms with E-state index in [4.69, 9.17) is 8.83 Å². The number of furan rings is 2. The predicted octanol–water partition coefficient (Wildman–Crippen LogP) is 17.8. The molecule has 0 aliphatic heterocycles. The molecule has 0 fully saturated rings. The fourth-order valence-electron chi connectivity index (χ4n) is 11.4. The average Bonchev–Trinajstić information content (AvgIpc) is 4.09. The summed E-state index contributed by atoms with van der Waals surface area (Å²) in [6, 6.07) is 90.0. The first-order chi connectivity index (χ1) is 33.7. The Bertz CT molecular complexity index is 4030. The van der Waals surface area contributed by atoms with Crippen LogP contribution in [0.25, 0.3) is 88.0 Å². The Hall–Kier alpha value is -8.92. The molecule has 0 saturated heterocycles. The van der Waals surface area contributed by atoms with Gasteiger partial charge in [0.2, 0.25) is 0 Å². The van der Waals surface area contributed by atoms with Crippen molar-refractivity contribution in [3.8, 4) is 33.4 Å². The second-order valence-corrected chi connectivity index (χ2v) is 17.9. The molecule has 3 nitrogen and oxygen atoms in total. The number of rotatable bonds is 7. The highest BCUT2D eigenvalue weighted by Crippen LogP contribution is 2.59. The van der Waals surface area contributed by atoms with Crippen molar-refractivity contribution in [1.29, 1.82) is 0 Å². The van der Waals surface area contributed by atoms with Gasteiger partial charge in [-0.05, 0) is 98.4 Å². The number of nitrogens with zero attached hydrogens (tertiary/aromatic N) is 1. The zero-order chi connectivity index (χ0) is 44.8. The second kappa shape index (κ2) is 15.1. The van der Waals surface area contributed by atoms with Crippen LogP contribution in [0.15, 0.2) is 258 Å². The van der Waals surface area contributed by atoms with E-state index >= 15 is 0 Å². The van der Waals surface area contributed by atoms with Crippen molar-refractivity contribution < 1.29 is 8.83 Å². The van der Waals surface area contributed by atoms with Crippen LogP contribution in [0.1, 0.15) is 22.3 Å². The third-order valence-corrected chi connectivity index (χ3v) is 14.4. The Morgan fingerprint density at radius 3 is 1.63 bits per heavy atom. The third kappa shape index (κ3) is 5.60. The first-order valence-electron chi connectivity index (χ1n) is 23.3. The molecular formula is C65H41NO2. The minimum atomic E-state index is -0.535. The normalized spacial score (nSPS) is 12.8. The van der Waals surface area contributed by atoms with Crippen molar-refractivity contribution in [2.45, 2.75) is 5.41 Å². The Morgan fingerprint density at radius 1 is 0.324 bits per heavy atom. The maximum Gasteiger partial charge on any atom is 0.143 e. The molecule has 1 aliphatic rings. The van der Waals surface area contributed by atoms with Crippen LogP contribution < -0.4 is 4.90 Å².